The van der Waals surface area contributed by atoms with E-state index in [0.717, 1.165) is 12.3 Å². The third kappa shape index (κ3) is 4.40. The molecule has 0 aliphatic carbocycles. The van der Waals surface area contributed by atoms with Crippen LogP contribution in [0.25, 0.3) is 0 Å². The van der Waals surface area contributed by atoms with Gasteiger partial charge in [0.15, 0.2) is 0 Å². The maximum atomic E-state index is 13.2. The summed E-state index contributed by atoms with van der Waals surface area (Å²) >= 11 is 5.86. The molecule has 0 bridgehead atoms. The Hall–Kier alpha value is -1.24. The Kier molecular flexibility index (Phi) is 6.84. The number of amides is 1. The van der Waals surface area contributed by atoms with Crippen LogP contribution in [0.1, 0.15) is 17.3 Å². The van der Waals surface area contributed by atoms with Gasteiger partial charge in [0, 0.05) is 20.8 Å². The number of aromatic nitrogens is 1. The zero-order chi connectivity index (χ0) is 15.1. The first kappa shape index (κ1) is 16.8. The fraction of sp³-hybridized carbons (Fsp3) is 0.538. The zero-order valence-electron chi connectivity index (χ0n) is 11.7. The number of halogens is 2. The van der Waals surface area contributed by atoms with Crippen molar-refractivity contribution >= 4 is 17.5 Å². The molecule has 1 heterocycles. The van der Waals surface area contributed by atoms with Crippen molar-refractivity contribution in [2.45, 2.75) is 13.0 Å². The van der Waals surface area contributed by atoms with Crippen molar-refractivity contribution in [3.05, 3.63) is 28.8 Å². The number of hydrogen-bond donors (Lipinski definition) is 0. The van der Waals surface area contributed by atoms with Crippen LogP contribution < -0.4 is 0 Å². The highest BCUT2D eigenvalue weighted by molar-refractivity contribution is 6.32. The van der Waals surface area contributed by atoms with Gasteiger partial charge in [-0.1, -0.05) is 11.6 Å². The summed E-state index contributed by atoms with van der Waals surface area (Å²) in [5.74, 6) is -1.01. The molecule has 0 N–H and O–H groups in total. The summed E-state index contributed by atoms with van der Waals surface area (Å²) < 4.78 is 23.3. The molecule has 5 nitrogen and oxygen atoms in total. The van der Waals surface area contributed by atoms with Crippen molar-refractivity contribution in [2.75, 3.05) is 34.0 Å². The van der Waals surface area contributed by atoms with E-state index in [2.05, 4.69) is 4.98 Å². The van der Waals surface area contributed by atoms with Crippen LogP contribution >= 0.6 is 11.6 Å². The summed E-state index contributed by atoms with van der Waals surface area (Å²) in [4.78, 5) is 17.6. The molecule has 1 amide bonds. The molecule has 1 rings (SSSR count). The lowest BCUT2D eigenvalue weighted by atomic mass is 10.2. The van der Waals surface area contributed by atoms with Crippen LogP contribution in [0.15, 0.2) is 12.3 Å². The average Bonchev–Trinajstić information content (AvgIpc) is 2.42. The minimum absolute atomic E-state index is 0.0246. The van der Waals surface area contributed by atoms with Crippen molar-refractivity contribution in [3.8, 4) is 0 Å². The maximum absolute atomic E-state index is 13.2. The molecule has 20 heavy (non-hydrogen) atoms. The molecule has 1 atom stereocenters. The number of carbonyl (C=O) groups excluding carboxylic acids is 1. The molecule has 0 saturated carbocycles. The summed E-state index contributed by atoms with van der Waals surface area (Å²) in [5, 5.41) is -0.0246. The molecule has 1 aromatic rings. The van der Waals surface area contributed by atoms with Crippen LogP contribution in [-0.4, -0.2) is 55.8 Å². The second-order valence-corrected chi connectivity index (χ2v) is 4.65. The first-order valence-electron chi connectivity index (χ1n) is 6.11. The Balaban J connectivity index is 2.99. The first-order valence-corrected chi connectivity index (χ1v) is 6.49. The van der Waals surface area contributed by atoms with Gasteiger partial charge < -0.3 is 14.4 Å². The second kappa shape index (κ2) is 8.14. The number of ether oxygens (including phenoxy) is 2. The van der Waals surface area contributed by atoms with Gasteiger partial charge in [-0.15, -0.1) is 0 Å². The quantitative estimate of drug-likeness (QED) is 0.723. The molecule has 0 radical (unpaired) electrons. The van der Waals surface area contributed by atoms with Gasteiger partial charge in [-0.2, -0.15) is 0 Å². The van der Waals surface area contributed by atoms with Crippen LogP contribution in [0.3, 0.4) is 0 Å². The van der Waals surface area contributed by atoms with E-state index in [9.17, 15) is 9.18 Å². The summed E-state index contributed by atoms with van der Waals surface area (Å²) in [6.45, 7) is 2.90. The molecule has 0 aliphatic rings. The van der Waals surface area contributed by atoms with Crippen LogP contribution in [-0.2, 0) is 9.47 Å². The third-order valence-electron chi connectivity index (χ3n) is 2.77. The highest BCUT2D eigenvalue weighted by Crippen LogP contribution is 2.17. The van der Waals surface area contributed by atoms with Crippen LogP contribution in [0.5, 0.6) is 0 Å². The number of rotatable bonds is 7. The van der Waals surface area contributed by atoms with Crippen LogP contribution in [0.4, 0.5) is 4.39 Å². The minimum Gasteiger partial charge on any atom is -0.383 e. The topological polar surface area (TPSA) is 51.7 Å². The lowest BCUT2D eigenvalue weighted by Gasteiger charge is -2.28. The van der Waals surface area contributed by atoms with Crippen molar-refractivity contribution in [2.24, 2.45) is 0 Å². The van der Waals surface area contributed by atoms with Gasteiger partial charge in [0.1, 0.15) is 11.0 Å². The van der Waals surface area contributed by atoms with Crippen LogP contribution in [0.2, 0.25) is 5.15 Å². The lowest BCUT2D eigenvalue weighted by Crippen LogP contribution is -2.43. The van der Waals surface area contributed by atoms with Crippen LogP contribution in [0, 0.1) is 5.82 Å². The van der Waals surface area contributed by atoms with Crippen molar-refractivity contribution in [3.63, 3.8) is 0 Å². The summed E-state index contributed by atoms with van der Waals surface area (Å²) in [6, 6.07) is 0.888. The predicted octanol–water partition coefficient (Wildman–Crippen LogP) is 2.00. The van der Waals surface area contributed by atoms with Crippen molar-refractivity contribution in [1.29, 1.82) is 0 Å². The molecule has 0 saturated heterocycles. The predicted molar refractivity (Wildman–Crippen MR) is 73.5 cm³/mol. The van der Waals surface area contributed by atoms with Gasteiger partial charge in [-0.25, -0.2) is 9.37 Å². The molecular formula is C13H18ClFN2O3. The van der Waals surface area contributed by atoms with Gasteiger partial charge in [0.05, 0.1) is 31.0 Å². The number of hydrogen-bond acceptors (Lipinski definition) is 4. The van der Waals surface area contributed by atoms with Crippen molar-refractivity contribution in [1.82, 2.24) is 9.88 Å². The molecule has 112 valence electrons. The Bertz CT molecular complexity index is 459. The van der Waals surface area contributed by atoms with E-state index in [4.69, 9.17) is 21.1 Å². The van der Waals surface area contributed by atoms with Gasteiger partial charge >= 0.3 is 0 Å². The molecule has 1 unspecified atom stereocenters. The lowest BCUT2D eigenvalue weighted by molar-refractivity contribution is 0.0479. The molecule has 1 aromatic heterocycles. The highest BCUT2D eigenvalue weighted by Gasteiger charge is 2.24. The molecule has 0 aromatic carbocycles. The Morgan fingerprint density at radius 1 is 1.50 bits per heavy atom. The van der Waals surface area contributed by atoms with E-state index < -0.39 is 11.7 Å². The Morgan fingerprint density at radius 2 is 2.20 bits per heavy atom. The maximum Gasteiger partial charge on any atom is 0.257 e. The van der Waals surface area contributed by atoms with E-state index in [0.29, 0.717) is 19.8 Å². The average molecular weight is 305 g/mol. The monoisotopic (exact) mass is 304 g/mol. The Labute approximate surface area is 122 Å². The molecule has 0 aliphatic heterocycles. The molecule has 7 heteroatoms. The summed E-state index contributed by atoms with van der Waals surface area (Å²) in [6.07, 6.45) is 0.969. The number of nitrogens with zero attached hydrogens (tertiary/aromatic N) is 2. The SMILES string of the molecule is COCCN(C(=O)c1cc(F)cnc1Cl)C(C)COC. The number of carbonyl (C=O) groups is 1. The standard InChI is InChI=1S/C13H18ClFN2O3/c1-9(8-20-3)17(4-5-19-2)13(18)11-6-10(15)7-16-12(11)14/h6-7,9H,4-5,8H2,1-3H3. The molecule has 0 spiro atoms. The largest absolute Gasteiger partial charge is 0.383 e. The zero-order valence-corrected chi connectivity index (χ0v) is 12.5. The van der Waals surface area contributed by atoms with E-state index in [1.807, 2.05) is 6.92 Å². The second-order valence-electron chi connectivity index (χ2n) is 4.29. The summed E-state index contributed by atoms with van der Waals surface area (Å²) in [5.41, 5.74) is 0.0331. The highest BCUT2D eigenvalue weighted by atomic mass is 35.5. The van der Waals surface area contributed by atoms with Gasteiger partial charge in [-0.3, -0.25) is 4.79 Å². The fourth-order valence-corrected chi connectivity index (χ4v) is 1.95. The van der Waals surface area contributed by atoms with E-state index in [1.165, 1.54) is 4.90 Å². The van der Waals surface area contributed by atoms with Gasteiger partial charge in [0.2, 0.25) is 0 Å². The molecule has 0 fully saturated rings. The van der Waals surface area contributed by atoms with E-state index >= 15 is 0 Å². The smallest absolute Gasteiger partial charge is 0.257 e. The number of methoxy groups -OCH3 is 2. The fourth-order valence-electron chi connectivity index (χ4n) is 1.77. The van der Waals surface area contributed by atoms with E-state index in [-0.39, 0.29) is 16.8 Å². The summed E-state index contributed by atoms with van der Waals surface area (Å²) in [7, 11) is 3.09. The minimum atomic E-state index is -0.608. The molecular weight excluding hydrogens is 287 g/mol. The normalized spacial score (nSPS) is 12.2. The van der Waals surface area contributed by atoms with Gasteiger partial charge in [-0.05, 0) is 13.0 Å². The number of pyridine rings is 1. The van der Waals surface area contributed by atoms with Gasteiger partial charge in [0.25, 0.3) is 5.91 Å². The third-order valence-corrected chi connectivity index (χ3v) is 3.07. The first-order chi connectivity index (χ1) is 9.51. The van der Waals surface area contributed by atoms with Crippen molar-refractivity contribution < 1.29 is 18.7 Å². The van der Waals surface area contributed by atoms with E-state index in [1.54, 1.807) is 14.2 Å². The Morgan fingerprint density at radius 3 is 2.80 bits per heavy atom.